The lowest BCUT2D eigenvalue weighted by Gasteiger charge is -2.09. The molecule has 0 unspecified atom stereocenters. The number of hydrogen-bond acceptors (Lipinski definition) is 4. The normalized spacial score (nSPS) is 10.7. The molecule has 0 heterocycles. The molecule has 0 saturated carbocycles. The van der Waals surface area contributed by atoms with Gasteiger partial charge in [-0.25, -0.2) is 4.79 Å². The van der Waals surface area contributed by atoms with E-state index in [1.807, 2.05) is 12.1 Å². The Morgan fingerprint density at radius 2 is 1.59 bits per heavy atom. The van der Waals surface area contributed by atoms with E-state index in [9.17, 15) is 14.7 Å². The fourth-order valence-corrected chi connectivity index (χ4v) is 3.05. The summed E-state index contributed by atoms with van der Waals surface area (Å²) in [4.78, 5) is 28.8. The van der Waals surface area contributed by atoms with Gasteiger partial charge in [0, 0.05) is 11.8 Å². The van der Waals surface area contributed by atoms with Gasteiger partial charge in [0.15, 0.2) is 0 Å². The number of unbranched alkanes of at least 4 members (excludes halogenated alkanes) is 7. The quantitative estimate of drug-likeness (QED) is 0.441. The van der Waals surface area contributed by atoms with Crippen LogP contribution in [0.3, 0.4) is 0 Å². The van der Waals surface area contributed by atoms with Crippen LogP contribution in [0.25, 0.3) is 10.8 Å². The zero-order valence-electron chi connectivity index (χ0n) is 16.0. The monoisotopic (exact) mass is 371 g/mol. The Labute approximate surface area is 160 Å². The first kappa shape index (κ1) is 20.7. The first-order valence-electron chi connectivity index (χ1n) is 9.84. The first-order chi connectivity index (χ1) is 13.1. The van der Waals surface area contributed by atoms with E-state index in [-0.39, 0.29) is 17.7 Å². The number of carbonyl (C=O) groups is 2. The van der Waals surface area contributed by atoms with E-state index in [0.29, 0.717) is 5.39 Å². The predicted octanol–water partition coefficient (Wildman–Crippen LogP) is 5.26. The van der Waals surface area contributed by atoms with Gasteiger partial charge >= 0.3 is 5.97 Å². The molecule has 146 valence electrons. The Kier molecular flexibility index (Phi) is 8.62. The Hall–Kier alpha value is -2.56. The van der Waals surface area contributed by atoms with Gasteiger partial charge < -0.3 is 9.94 Å². The summed E-state index contributed by atoms with van der Waals surface area (Å²) in [5, 5.41) is 11.7. The van der Waals surface area contributed by atoms with E-state index in [4.69, 9.17) is 4.84 Å². The SMILES string of the molecule is CCCCCCCCCCC(=O)ONC(=O)c1ccc2ccccc2c1O. The topological polar surface area (TPSA) is 75.6 Å². The summed E-state index contributed by atoms with van der Waals surface area (Å²) < 4.78 is 0. The second-order valence-electron chi connectivity index (χ2n) is 6.81. The lowest BCUT2D eigenvalue weighted by Crippen LogP contribution is -2.27. The molecular formula is C22H29NO4. The summed E-state index contributed by atoms with van der Waals surface area (Å²) in [6, 6.07) is 10.5. The first-order valence-corrected chi connectivity index (χ1v) is 9.84. The summed E-state index contributed by atoms with van der Waals surface area (Å²) in [6.45, 7) is 2.20. The Bertz CT molecular complexity index is 757. The molecule has 5 heteroatoms. The maximum atomic E-state index is 12.2. The molecule has 27 heavy (non-hydrogen) atoms. The summed E-state index contributed by atoms with van der Waals surface area (Å²) in [7, 11) is 0. The molecule has 5 nitrogen and oxygen atoms in total. The Morgan fingerprint density at radius 1 is 0.926 bits per heavy atom. The number of benzene rings is 2. The predicted molar refractivity (Wildman–Crippen MR) is 106 cm³/mol. The summed E-state index contributed by atoms with van der Waals surface area (Å²) in [6.07, 6.45) is 9.41. The molecule has 0 bridgehead atoms. The van der Waals surface area contributed by atoms with Crippen LogP contribution in [0, 0.1) is 0 Å². The van der Waals surface area contributed by atoms with Crippen LogP contribution in [-0.4, -0.2) is 17.0 Å². The van der Waals surface area contributed by atoms with Crippen LogP contribution in [-0.2, 0) is 9.63 Å². The maximum Gasteiger partial charge on any atom is 0.332 e. The van der Waals surface area contributed by atoms with Crippen LogP contribution in [0.5, 0.6) is 5.75 Å². The van der Waals surface area contributed by atoms with Gasteiger partial charge in [-0.15, -0.1) is 0 Å². The number of fused-ring (bicyclic) bond motifs is 1. The third-order valence-electron chi connectivity index (χ3n) is 4.64. The van der Waals surface area contributed by atoms with Crippen molar-refractivity contribution in [3.8, 4) is 5.75 Å². The minimum atomic E-state index is -0.637. The highest BCUT2D eigenvalue weighted by molar-refractivity contribution is 6.03. The summed E-state index contributed by atoms with van der Waals surface area (Å²) in [5.41, 5.74) is 2.21. The molecule has 2 aromatic carbocycles. The number of phenols is 1. The van der Waals surface area contributed by atoms with E-state index >= 15 is 0 Å². The highest BCUT2D eigenvalue weighted by Gasteiger charge is 2.15. The molecule has 0 aliphatic heterocycles. The minimum absolute atomic E-state index is 0.0774. The van der Waals surface area contributed by atoms with Crippen molar-refractivity contribution >= 4 is 22.6 Å². The molecule has 0 aliphatic rings. The number of hydroxylamine groups is 1. The van der Waals surface area contributed by atoms with Crippen molar-refractivity contribution in [3.05, 3.63) is 42.0 Å². The average molecular weight is 371 g/mol. The molecule has 0 radical (unpaired) electrons. The van der Waals surface area contributed by atoms with Gasteiger partial charge in [0.05, 0.1) is 5.56 Å². The molecule has 2 N–H and O–H groups in total. The van der Waals surface area contributed by atoms with Crippen molar-refractivity contribution in [2.24, 2.45) is 0 Å². The van der Waals surface area contributed by atoms with Gasteiger partial charge in [-0.05, 0) is 17.9 Å². The van der Waals surface area contributed by atoms with Crippen molar-refractivity contribution in [3.63, 3.8) is 0 Å². The van der Waals surface area contributed by atoms with E-state index in [0.717, 1.165) is 24.6 Å². The molecule has 0 aromatic heterocycles. The largest absolute Gasteiger partial charge is 0.506 e. The molecule has 0 spiro atoms. The molecular weight excluding hydrogens is 342 g/mol. The van der Waals surface area contributed by atoms with Gasteiger partial charge in [-0.2, -0.15) is 5.48 Å². The zero-order chi connectivity index (χ0) is 19.5. The van der Waals surface area contributed by atoms with Crippen molar-refractivity contribution in [2.45, 2.75) is 64.7 Å². The zero-order valence-corrected chi connectivity index (χ0v) is 16.0. The smallest absolute Gasteiger partial charge is 0.332 e. The van der Waals surface area contributed by atoms with Gasteiger partial charge in [0.25, 0.3) is 5.91 Å². The van der Waals surface area contributed by atoms with Crippen LogP contribution in [0.4, 0.5) is 0 Å². The molecule has 0 saturated heterocycles. The fraction of sp³-hybridized carbons (Fsp3) is 0.455. The number of aromatic hydroxyl groups is 1. The van der Waals surface area contributed by atoms with Gasteiger partial charge in [-0.3, -0.25) is 4.79 Å². The minimum Gasteiger partial charge on any atom is -0.506 e. The number of phenolic OH excluding ortho intramolecular Hbond substituents is 1. The lowest BCUT2D eigenvalue weighted by atomic mass is 10.1. The number of nitrogens with one attached hydrogen (secondary N) is 1. The van der Waals surface area contributed by atoms with Crippen LogP contribution in [0.2, 0.25) is 0 Å². The standard InChI is InChI=1S/C22H29NO4/c1-2-3-4-5-6-7-8-9-14-20(24)27-23-22(26)19-16-15-17-12-10-11-13-18(17)21(19)25/h10-13,15-16,25H,2-9,14H2,1H3,(H,23,26). The number of hydrogen-bond donors (Lipinski definition) is 2. The van der Waals surface area contributed by atoms with Crippen molar-refractivity contribution in [1.82, 2.24) is 5.48 Å². The summed E-state index contributed by atoms with van der Waals surface area (Å²) >= 11 is 0. The molecule has 2 rings (SSSR count). The molecule has 1 amide bonds. The van der Waals surface area contributed by atoms with Crippen molar-refractivity contribution < 1.29 is 19.5 Å². The highest BCUT2D eigenvalue weighted by atomic mass is 16.7. The fourth-order valence-electron chi connectivity index (χ4n) is 3.05. The maximum absolute atomic E-state index is 12.2. The second kappa shape index (κ2) is 11.2. The molecule has 0 atom stereocenters. The number of amides is 1. The van der Waals surface area contributed by atoms with Crippen LogP contribution < -0.4 is 5.48 Å². The summed E-state index contributed by atoms with van der Waals surface area (Å²) in [5.74, 6) is -1.22. The molecule has 0 aliphatic carbocycles. The van der Waals surface area contributed by atoms with Crippen molar-refractivity contribution in [2.75, 3.05) is 0 Å². The van der Waals surface area contributed by atoms with Crippen molar-refractivity contribution in [1.29, 1.82) is 0 Å². The average Bonchev–Trinajstić information content (AvgIpc) is 2.68. The van der Waals surface area contributed by atoms with E-state index < -0.39 is 11.9 Å². The second-order valence-corrected chi connectivity index (χ2v) is 6.81. The van der Waals surface area contributed by atoms with Crippen LogP contribution in [0.15, 0.2) is 36.4 Å². The van der Waals surface area contributed by atoms with Gasteiger partial charge in [0.2, 0.25) is 0 Å². The van der Waals surface area contributed by atoms with E-state index in [1.165, 1.54) is 38.2 Å². The number of rotatable bonds is 10. The molecule has 2 aromatic rings. The lowest BCUT2D eigenvalue weighted by molar-refractivity contribution is -0.149. The van der Waals surface area contributed by atoms with Crippen LogP contribution >= 0.6 is 0 Å². The third kappa shape index (κ3) is 6.59. The van der Waals surface area contributed by atoms with Gasteiger partial charge in [-0.1, -0.05) is 82.2 Å². The van der Waals surface area contributed by atoms with Crippen LogP contribution in [0.1, 0.15) is 75.1 Å². The van der Waals surface area contributed by atoms with E-state index in [2.05, 4.69) is 12.4 Å². The number of carbonyl (C=O) groups excluding carboxylic acids is 2. The Morgan fingerprint density at radius 3 is 2.33 bits per heavy atom. The Balaban J connectivity index is 1.69. The molecule has 0 fully saturated rings. The third-order valence-corrected chi connectivity index (χ3v) is 4.64. The van der Waals surface area contributed by atoms with E-state index in [1.54, 1.807) is 18.2 Å². The van der Waals surface area contributed by atoms with Gasteiger partial charge in [0.1, 0.15) is 5.75 Å². The highest BCUT2D eigenvalue weighted by Crippen LogP contribution is 2.28.